The normalized spacial score (nSPS) is 10.8. The van der Waals surface area contributed by atoms with Gasteiger partial charge in [-0.1, -0.05) is 0 Å². The molecule has 10 nitrogen and oxygen atoms in total. The summed E-state index contributed by atoms with van der Waals surface area (Å²) in [5, 5.41) is 8.78. The first-order valence-corrected chi connectivity index (χ1v) is 9.88. The Balaban J connectivity index is 1.43. The van der Waals surface area contributed by atoms with Crippen molar-refractivity contribution in [2.45, 2.75) is 13.0 Å². The minimum Gasteiger partial charge on any atom is -0.497 e. The third kappa shape index (κ3) is 4.54. The van der Waals surface area contributed by atoms with Gasteiger partial charge >= 0.3 is 5.97 Å². The fourth-order valence-corrected chi connectivity index (χ4v) is 3.31. The van der Waals surface area contributed by atoms with Crippen LogP contribution in [0.3, 0.4) is 0 Å². The smallest absolute Gasteiger partial charge is 0.310 e. The summed E-state index contributed by atoms with van der Waals surface area (Å²) in [6.07, 6.45) is 1.56. The summed E-state index contributed by atoms with van der Waals surface area (Å²) in [6.45, 7) is -0.167. The molecule has 0 bridgehead atoms. The molecule has 172 valence electrons. The van der Waals surface area contributed by atoms with E-state index < -0.39 is 5.97 Å². The van der Waals surface area contributed by atoms with Gasteiger partial charge in [-0.25, -0.2) is 0 Å². The minimum absolute atomic E-state index is 0.0349. The standard InChI is InChI=1S/C23H22N2O8/c1-27-15-5-6-16-14(11-31-17(16)10-15)9-21(26)32-12-20-24-25-23(33-20)13-7-18(28-2)22(30-4)19(8-13)29-3/h5-8,10-11H,9,12H2,1-4H3. The number of ether oxygens (including phenoxy) is 5. The Hall–Kier alpha value is -4.21. The van der Waals surface area contributed by atoms with Gasteiger partial charge in [0.25, 0.3) is 5.89 Å². The van der Waals surface area contributed by atoms with Gasteiger partial charge in [0.1, 0.15) is 11.3 Å². The van der Waals surface area contributed by atoms with Crippen LogP contribution in [0.25, 0.3) is 22.4 Å². The highest BCUT2D eigenvalue weighted by atomic mass is 16.5. The molecule has 0 atom stereocenters. The van der Waals surface area contributed by atoms with Gasteiger partial charge < -0.3 is 32.5 Å². The lowest BCUT2D eigenvalue weighted by atomic mass is 10.1. The highest BCUT2D eigenvalue weighted by Crippen LogP contribution is 2.40. The van der Waals surface area contributed by atoms with Gasteiger partial charge in [0.05, 0.1) is 41.1 Å². The Labute approximate surface area is 189 Å². The number of rotatable bonds is 9. The first-order valence-electron chi connectivity index (χ1n) is 9.88. The van der Waals surface area contributed by atoms with Crippen molar-refractivity contribution < 1.29 is 37.3 Å². The van der Waals surface area contributed by atoms with Crippen molar-refractivity contribution in [1.29, 1.82) is 0 Å². The zero-order valence-electron chi connectivity index (χ0n) is 18.5. The molecular formula is C23H22N2O8. The van der Waals surface area contributed by atoms with Crippen LogP contribution >= 0.6 is 0 Å². The van der Waals surface area contributed by atoms with Crippen LogP contribution in [0.5, 0.6) is 23.0 Å². The number of aromatic nitrogens is 2. The van der Waals surface area contributed by atoms with E-state index in [0.29, 0.717) is 39.7 Å². The lowest BCUT2D eigenvalue weighted by molar-refractivity contribution is -0.144. The number of hydrogen-bond acceptors (Lipinski definition) is 10. The zero-order chi connectivity index (χ0) is 23.4. The molecule has 33 heavy (non-hydrogen) atoms. The zero-order valence-corrected chi connectivity index (χ0v) is 18.5. The highest BCUT2D eigenvalue weighted by Gasteiger charge is 2.18. The summed E-state index contributed by atoms with van der Waals surface area (Å²) >= 11 is 0. The van der Waals surface area contributed by atoms with Crippen molar-refractivity contribution in [3.05, 3.63) is 48.0 Å². The Morgan fingerprint density at radius 1 is 0.939 bits per heavy atom. The van der Waals surface area contributed by atoms with Gasteiger partial charge in [-0.3, -0.25) is 4.79 Å². The topological polar surface area (TPSA) is 115 Å². The van der Waals surface area contributed by atoms with Gasteiger partial charge in [0.2, 0.25) is 11.6 Å². The van der Waals surface area contributed by atoms with Crippen molar-refractivity contribution in [2.24, 2.45) is 0 Å². The van der Waals surface area contributed by atoms with Crippen LogP contribution in [-0.4, -0.2) is 44.6 Å². The number of methoxy groups -OCH3 is 4. The number of carbonyl (C=O) groups is 1. The largest absolute Gasteiger partial charge is 0.497 e. The predicted molar refractivity (Wildman–Crippen MR) is 116 cm³/mol. The average Bonchev–Trinajstić information content (AvgIpc) is 3.48. The molecule has 0 unspecified atom stereocenters. The van der Waals surface area contributed by atoms with Crippen molar-refractivity contribution in [3.8, 4) is 34.5 Å². The van der Waals surface area contributed by atoms with Crippen LogP contribution in [0.4, 0.5) is 0 Å². The van der Waals surface area contributed by atoms with Crippen LogP contribution in [0.2, 0.25) is 0 Å². The lowest BCUT2D eigenvalue weighted by Crippen LogP contribution is -2.07. The second-order valence-electron chi connectivity index (χ2n) is 6.88. The molecule has 0 aliphatic rings. The maximum atomic E-state index is 12.3. The number of hydrogen-bond donors (Lipinski definition) is 0. The molecule has 10 heteroatoms. The van der Waals surface area contributed by atoms with E-state index in [1.165, 1.54) is 27.6 Å². The highest BCUT2D eigenvalue weighted by molar-refractivity contribution is 5.86. The SMILES string of the molecule is COc1ccc2c(CC(=O)OCc3nnc(-c4cc(OC)c(OC)c(OC)c4)o3)coc2c1. The van der Waals surface area contributed by atoms with E-state index in [4.69, 9.17) is 32.5 Å². The van der Waals surface area contributed by atoms with Crippen molar-refractivity contribution in [3.63, 3.8) is 0 Å². The van der Waals surface area contributed by atoms with Crippen LogP contribution in [0, 0.1) is 0 Å². The van der Waals surface area contributed by atoms with E-state index in [2.05, 4.69) is 10.2 Å². The first kappa shape index (κ1) is 22.0. The van der Waals surface area contributed by atoms with Crippen molar-refractivity contribution in [2.75, 3.05) is 28.4 Å². The molecule has 0 saturated carbocycles. The van der Waals surface area contributed by atoms with Crippen molar-refractivity contribution >= 4 is 16.9 Å². The van der Waals surface area contributed by atoms with Crippen molar-refractivity contribution in [1.82, 2.24) is 10.2 Å². The second-order valence-corrected chi connectivity index (χ2v) is 6.88. The lowest BCUT2D eigenvalue weighted by Gasteiger charge is -2.12. The molecule has 0 N–H and O–H groups in total. The van der Waals surface area contributed by atoms with E-state index in [9.17, 15) is 4.79 Å². The van der Waals surface area contributed by atoms with E-state index >= 15 is 0 Å². The van der Waals surface area contributed by atoms with Gasteiger partial charge in [-0.05, 0) is 24.3 Å². The molecule has 4 rings (SSSR count). The Morgan fingerprint density at radius 3 is 2.36 bits per heavy atom. The van der Waals surface area contributed by atoms with E-state index in [-0.39, 0.29) is 24.8 Å². The maximum Gasteiger partial charge on any atom is 0.310 e. The molecule has 0 fully saturated rings. The maximum absolute atomic E-state index is 12.3. The summed E-state index contributed by atoms with van der Waals surface area (Å²) in [6, 6.07) is 8.76. The molecular weight excluding hydrogens is 432 g/mol. The third-order valence-electron chi connectivity index (χ3n) is 4.93. The second kappa shape index (κ2) is 9.51. The van der Waals surface area contributed by atoms with Gasteiger partial charge in [-0.15, -0.1) is 10.2 Å². The Morgan fingerprint density at radius 2 is 1.70 bits per heavy atom. The molecule has 0 saturated heterocycles. The molecule has 2 aromatic carbocycles. The molecule has 0 aliphatic carbocycles. The molecule has 0 radical (unpaired) electrons. The third-order valence-corrected chi connectivity index (χ3v) is 4.93. The number of furan rings is 1. The van der Waals surface area contributed by atoms with E-state index in [1.807, 2.05) is 6.07 Å². The minimum atomic E-state index is -0.457. The van der Waals surface area contributed by atoms with E-state index in [0.717, 1.165) is 5.39 Å². The summed E-state index contributed by atoms with van der Waals surface area (Å²) in [5.74, 6) is 1.92. The number of carbonyl (C=O) groups excluding carboxylic acids is 1. The number of esters is 1. The van der Waals surface area contributed by atoms with Gasteiger partial charge in [-0.2, -0.15) is 0 Å². The summed E-state index contributed by atoms with van der Waals surface area (Å²) in [4.78, 5) is 12.3. The van der Waals surface area contributed by atoms with E-state index in [1.54, 1.807) is 31.4 Å². The predicted octanol–water partition coefficient (Wildman–Crippen LogP) is 3.80. The molecule has 2 heterocycles. The van der Waals surface area contributed by atoms with Crippen LogP contribution in [0.15, 0.2) is 45.4 Å². The number of fused-ring (bicyclic) bond motifs is 1. The summed E-state index contributed by atoms with van der Waals surface area (Å²) in [5.41, 5.74) is 1.90. The van der Waals surface area contributed by atoms with Crippen LogP contribution < -0.4 is 18.9 Å². The fraction of sp³-hybridized carbons (Fsp3) is 0.261. The summed E-state index contributed by atoms with van der Waals surface area (Å²) in [7, 11) is 6.12. The molecule has 0 aliphatic heterocycles. The Kier molecular flexibility index (Phi) is 6.34. The fourth-order valence-electron chi connectivity index (χ4n) is 3.31. The van der Waals surface area contributed by atoms with Gasteiger partial charge in [0.15, 0.2) is 18.1 Å². The monoisotopic (exact) mass is 454 g/mol. The first-order chi connectivity index (χ1) is 16.1. The number of benzene rings is 2. The number of nitrogens with zero attached hydrogens (tertiary/aromatic N) is 2. The molecule has 2 aromatic heterocycles. The quantitative estimate of drug-likeness (QED) is 0.346. The van der Waals surface area contributed by atoms with Crippen LogP contribution in [0.1, 0.15) is 11.5 Å². The summed E-state index contributed by atoms with van der Waals surface area (Å²) < 4.78 is 37.6. The molecule has 0 amide bonds. The van der Waals surface area contributed by atoms with Crippen LogP contribution in [-0.2, 0) is 22.6 Å². The molecule has 4 aromatic rings. The molecule has 0 spiro atoms. The average molecular weight is 454 g/mol. The Bertz CT molecular complexity index is 1250. The van der Waals surface area contributed by atoms with Gasteiger partial charge in [0, 0.05) is 22.6 Å².